The molecule has 0 saturated heterocycles. The van der Waals surface area contributed by atoms with Crippen molar-refractivity contribution in [1.82, 2.24) is 5.32 Å². The van der Waals surface area contributed by atoms with Crippen LogP contribution in [0, 0.1) is 5.82 Å². The fourth-order valence-electron chi connectivity index (χ4n) is 1.17. The molecule has 1 rings (SSSR count). The number of benzene rings is 1. The Morgan fingerprint density at radius 1 is 1.56 bits per heavy atom. The van der Waals surface area contributed by atoms with Crippen molar-refractivity contribution >= 4 is 45.9 Å². The lowest BCUT2D eigenvalue weighted by Crippen LogP contribution is -2.34. The van der Waals surface area contributed by atoms with Crippen LogP contribution in [0.2, 0.25) is 0 Å². The van der Waals surface area contributed by atoms with Crippen LogP contribution in [0.25, 0.3) is 0 Å². The summed E-state index contributed by atoms with van der Waals surface area (Å²) < 4.78 is 19.0. The number of aliphatic imine (C=N–C) groups is 1. The van der Waals surface area contributed by atoms with Crippen molar-refractivity contribution in [3.63, 3.8) is 0 Å². The zero-order valence-electron chi connectivity index (χ0n) is 9.95. The van der Waals surface area contributed by atoms with E-state index in [2.05, 4.69) is 26.2 Å². The maximum absolute atomic E-state index is 13.4. The van der Waals surface area contributed by atoms with E-state index in [1.807, 2.05) is 0 Å². The standard InChI is InChI=1S/C11H15BrFN3O.HI/c1-17-5-4-15-11(14)16-7-8-6-9(12)2-3-10(8)13;/h2-3,6H,4-5,7H2,1H3,(H3,14,15,16);1H. The minimum atomic E-state index is -0.290. The molecule has 0 aliphatic rings. The molecule has 0 saturated carbocycles. The van der Waals surface area contributed by atoms with Crippen molar-refractivity contribution in [3.05, 3.63) is 34.1 Å². The summed E-state index contributed by atoms with van der Waals surface area (Å²) in [5.41, 5.74) is 6.10. The first kappa shape index (κ1) is 17.6. The maximum atomic E-state index is 13.4. The molecule has 0 amide bonds. The monoisotopic (exact) mass is 431 g/mol. The second-order valence-electron chi connectivity index (χ2n) is 3.36. The van der Waals surface area contributed by atoms with Gasteiger partial charge in [0.05, 0.1) is 13.2 Å². The number of ether oxygens (including phenoxy) is 1. The van der Waals surface area contributed by atoms with Gasteiger partial charge in [-0.3, -0.25) is 0 Å². The van der Waals surface area contributed by atoms with E-state index in [0.29, 0.717) is 18.7 Å². The van der Waals surface area contributed by atoms with E-state index < -0.39 is 0 Å². The molecule has 4 nitrogen and oxygen atoms in total. The molecule has 0 aromatic heterocycles. The zero-order chi connectivity index (χ0) is 12.7. The van der Waals surface area contributed by atoms with Crippen molar-refractivity contribution in [2.75, 3.05) is 20.3 Å². The number of nitrogens with two attached hydrogens (primary N) is 1. The Labute approximate surface area is 131 Å². The Morgan fingerprint density at radius 3 is 2.94 bits per heavy atom. The molecule has 0 unspecified atom stereocenters. The predicted molar refractivity (Wildman–Crippen MR) is 84.7 cm³/mol. The number of nitrogens with zero attached hydrogens (tertiary/aromatic N) is 1. The molecule has 102 valence electrons. The lowest BCUT2D eigenvalue weighted by molar-refractivity contribution is 0.204. The lowest BCUT2D eigenvalue weighted by Gasteiger charge is -2.05. The highest BCUT2D eigenvalue weighted by Gasteiger charge is 2.02. The van der Waals surface area contributed by atoms with Gasteiger partial charge in [-0.15, -0.1) is 24.0 Å². The largest absolute Gasteiger partial charge is 0.383 e. The minimum Gasteiger partial charge on any atom is -0.383 e. The molecule has 7 heteroatoms. The summed E-state index contributed by atoms with van der Waals surface area (Å²) >= 11 is 3.28. The average molecular weight is 432 g/mol. The molecule has 0 bridgehead atoms. The minimum absolute atomic E-state index is 0. The Morgan fingerprint density at radius 2 is 2.28 bits per heavy atom. The summed E-state index contributed by atoms with van der Waals surface area (Å²) in [5, 5.41) is 2.86. The average Bonchev–Trinajstić information content (AvgIpc) is 2.31. The van der Waals surface area contributed by atoms with Gasteiger partial charge in [-0.25, -0.2) is 9.38 Å². The number of rotatable bonds is 5. The van der Waals surface area contributed by atoms with E-state index >= 15 is 0 Å². The van der Waals surface area contributed by atoms with Crippen LogP contribution in [0.3, 0.4) is 0 Å². The third-order valence-corrected chi connectivity index (χ3v) is 2.53. The van der Waals surface area contributed by atoms with Gasteiger partial charge in [0.15, 0.2) is 5.96 Å². The van der Waals surface area contributed by atoms with Crippen molar-refractivity contribution in [1.29, 1.82) is 0 Å². The smallest absolute Gasteiger partial charge is 0.189 e. The summed E-state index contributed by atoms with van der Waals surface area (Å²) in [5.74, 6) is -0.0110. The molecular weight excluding hydrogens is 416 g/mol. The first-order chi connectivity index (χ1) is 8.13. The fraction of sp³-hybridized carbons (Fsp3) is 0.364. The molecule has 1 aromatic carbocycles. The lowest BCUT2D eigenvalue weighted by atomic mass is 10.2. The van der Waals surface area contributed by atoms with Gasteiger partial charge in [-0.1, -0.05) is 15.9 Å². The van der Waals surface area contributed by atoms with Crippen LogP contribution < -0.4 is 11.1 Å². The van der Waals surface area contributed by atoms with E-state index in [0.717, 1.165) is 4.47 Å². The van der Waals surface area contributed by atoms with Crippen LogP contribution in [0.1, 0.15) is 5.56 Å². The van der Waals surface area contributed by atoms with Gasteiger partial charge in [0.2, 0.25) is 0 Å². The molecule has 0 aliphatic heterocycles. The van der Waals surface area contributed by atoms with Gasteiger partial charge >= 0.3 is 0 Å². The number of methoxy groups -OCH3 is 1. The zero-order valence-corrected chi connectivity index (χ0v) is 13.9. The highest BCUT2D eigenvalue weighted by Crippen LogP contribution is 2.16. The van der Waals surface area contributed by atoms with Crippen molar-refractivity contribution in [2.45, 2.75) is 6.54 Å². The summed E-state index contributed by atoms with van der Waals surface area (Å²) in [6.07, 6.45) is 0. The van der Waals surface area contributed by atoms with Crippen molar-refractivity contribution in [2.24, 2.45) is 10.7 Å². The number of nitrogens with one attached hydrogen (secondary N) is 1. The van der Waals surface area contributed by atoms with Crippen LogP contribution in [0.15, 0.2) is 27.7 Å². The van der Waals surface area contributed by atoms with Gasteiger partial charge < -0.3 is 15.8 Å². The molecule has 3 N–H and O–H groups in total. The van der Waals surface area contributed by atoms with Crippen LogP contribution in [-0.4, -0.2) is 26.2 Å². The van der Waals surface area contributed by atoms with Gasteiger partial charge in [-0.05, 0) is 18.2 Å². The summed E-state index contributed by atoms with van der Waals surface area (Å²) in [7, 11) is 1.60. The third-order valence-electron chi connectivity index (χ3n) is 2.04. The SMILES string of the molecule is COCCNC(N)=NCc1cc(Br)ccc1F.I. The highest BCUT2D eigenvalue weighted by atomic mass is 127. The molecule has 0 heterocycles. The van der Waals surface area contributed by atoms with Gasteiger partial charge in [0.25, 0.3) is 0 Å². The number of guanidine groups is 1. The van der Waals surface area contributed by atoms with Gasteiger partial charge in [0, 0.05) is 23.7 Å². The molecule has 0 radical (unpaired) electrons. The summed E-state index contributed by atoms with van der Waals surface area (Å²) in [4.78, 5) is 4.04. The fourth-order valence-corrected chi connectivity index (χ4v) is 1.58. The van der Waals surface area contributed by atoms with Crippen LogP contribution in [-0.2, 0) is 11.3 Å². The molecule has 18 heavy (non-hydrogen) atoms. The normalized spacial score (nSPS) is 10.9. The first-order valence-corrected chi connectivity index (χ1v) is 5.89. The Kier molecular flexibility index (Phi) is 9.29. The molecule has 0 atom stereocenters. The van der Waals surface area contributed by atoms with Crippen LogP contribution in [0.4, 0.5) is 4.39 Å². The van der Waals surface area contributed by atoms with E-state index in [1.54, 1.807) is 19.2 Å². The molecule has 0 spiro atoms. The summed E-state index contributed by atoms with van der Waals surface area (Å²) in [6.45, 7) is 1.32. The number of hydrogen-bond donors (Lipinski definition) is 2. The van der Waals surface area contributed by atoms with Crippen LogP contribution in [0.5, 0.6) is 0 Å². The van der Waals surface area contributed by atoms with Crippen molar-refractivity contribution < 1.29 is 9.13 Å². The van der Waals surface area contributed by atoms with Gasteiger partial charge in [-0.2, -0.15) is 0 Å². The van der Waals surface area contributed by atoms with Crippen LogP contribution >= 0.6 is 39.9 Å². The quantitative estimate of drug-likeness (QED) is 0.325. The number of hydrogen-bond acceptors (Lipinski definition) is 2. The molecular formula is C11H16BrFIN3O. The predicted octanol–water partition coefficient (Wildman–Crippen LogP) is 2.26. The summed E-state index contributed by atoms with van der Waals surface area (Å²) in [6, 6.07) is 4.72. The maximum Gasteiger partial charge on any atom is 0.189 e. The molecule has 0 aliphatic carbocycles. The first-order valence-electron chi connectivity index (χ1n) is 5.10. The molecule has 1 aromatic rings. The Balaban J connectivity index is 0.00000289. The van der Waals surface area contributed by atoms with E-state index in [1.165, 1.54) is 6.07 Å². The number of halogens is 3. The Hall–Kier alpha value is -0.410. The van der Waals surface area contributed by atoms with E-state index in [9.17, 15) is 4.39 Å². The van der Waals surface area contributed by atoms with Crippen molar-refractivity contribution in [3.8, 4) is 0 Å². The molecule has 0 fully saturated rings. The topological polar surface area (TPSA) is 59.6 Å². The second kappa shape index (κ2) is 9.51. The Bertz CT molecular complexity index is 404. The van der Waals surface area contributed by atoms with Gasteiger partial charge in [0.1, 0.15) is 5.82 Å². The van der Waals surface area contributed by atoms with E-state index in [-0.39, 0.29) is 42.3 Å². The highest BCUT2D eigenvalue weighted by molar-refractivity contribution is 14.0. The third kappa shape index (κ3) is 6.50. The van der Waals surface area contributed by atoms with E-state index in [4.69, 9.17) is 10.5 Å². The second-order valence-corrected chi connectivity index (χ2v) is 4.27.